The molecule has 1 aliphatic carbocycles. The Kier molecular flexibility index (Phi) is 4.40. The summed E-state index contributed by atoms with van der Waals surface area (Å²) in [5.41, 5.74) is 0. The van der Waals surface area contributed by atoms with Crippen LogP contribution in [0.1, 0.15) is 32.6 Å². The zero-order valence-electron chi connectivity index (χ0n) is 11.0. The lowest BCUT2D eigenvalue weighted by Crippen LogP contribution is -2.46. The molecule has 0 aromatic rings. The molecule has 98 valence electrons. The summed E-state index contributed by atoms with van der Waals surface area (Å²) in [5.74, 6) is 0.863. The minimum atomic E-state index is -0.0529. The number of rotatable bonds is 5. The van der Waals surface area contributed by atoms with Gasteiger partial charge in [0.2, 0.25) is 5.91 Å². The predicted octanol–water partition coefficient (Wildman–Crippen LogP) is 0.585. The quantitative estimate of drug-likeness (QED) is 0.738. The van der Waals surface area contributed by atoms with E-state index in [2.05, 4.69) is 22.6 Å². The molecule has 0 spiro atoms. The second kappa shape index (κ2) is 5.83. The summed E-state index contributed by atoms with van der Waals surface area (Å²) in [6.07, 6.45) is 4.89. The molecule has 4 heteroatoms. The molecular formula is C13H25N3O. The van der Waals surface area contributed by atoms with Crippen LogP contribution in [0.4, 0.5) is 0 Å². The summed E-state index contributed by atoms with van der Waals surface area (Å²) in [4.78, 5) is 14.1. The highest BCUT2D eigenvalue weighted by molar-refractivity contribution is 5.81. The third kappa shape index (κ3) is 4.28. The van der Waals surface area contributed by atoms with Crippen LogP contribution in [0, 0.1) is 5.92 Å². The fourth-order valence-electron chi connectivity index (χ4n) is 2.43. The number of carbonyl (C=O) groups is 1. The minimum absolute atomic E-state index is 0.0529. The number of hydrogen-bond donors (Lipinski definition) is 2. The molecule has 0 radical (unpaired) electrons. The van der Waals surface area contributed by atoms with Crippen molar-refractivity contribution in [3.63, 3.8) is 0 Å². The molecule has 4 nitrogen and oxygen atoms in total. The van der Waals surface area contributed by atoms with Crippen LogP contribution in [-0.2, 0) is 4.79 Å². The van der Waals surface area contributed by atoms with Gasteiger partial charge in [0.15, 0.2) is 0 Å². The summed E-state index contributed by atoms with van der Waals surface area (Å²) >= 11 is 0. The van der Waals surface area contributed by atoms with Gasteiger partial charge < -0.3 is 15.5 Å². The Morgan fingerprint density at radius 2 is 2.18 bits per heavy atom. The van der Waals surface area contributed by atoms with Gasteiger partial charge in [0.25, 0.3) is 0 Å². The first-order valence-electron chi connectivity index (χ1n) is 6.87. The topological polar surface area (TPSA) is 44.4 Å². The average Bonchev–Trinajstić information content (AvgIpc) is 3.10. The van der Waals surface area contributed by atoms with Gasteiger partial charge in [-0.05, 0) is 58.7 Å². The molecule has 2 rings (SSSR count). The Hall–Kier alpha value is -0.610. The second-order valence-electron chi connectivity index (χ2n) is 5.68. The summed E-state index contributed by atoms with van der Waals surface area (Å²) < 4.78 is 0. The van der Waals surface area contributed by atoms with Crippen LogP contribution in [0.5, 0.6) is 0 Å². The largest absolute Gasteiger partial charge is 0.352 e. The van der Waals surface area contributed by atoms with Crippen molar-refractivity contribution in [3.8, 4) is 0 Å². The maximum absolute atomic E-state index is 11.7. The summed E-state index contributed by atoms with van der Waals surface area (Å²) in [5, 5.41) is 6.41. The molecule has 2 aliphatic rings. The van der Waals surface area contributed by atoms with E-state index in [1.54, 1.807) is 0 Å². The molecule has 1 aliphatic heterocycles. The van der Waals surface area contributed by atoms with Crippen molar-refractivity contribution >= 4 is 5.91 Å². The Bertz CT molecular complexity index is 265. The van der Waals surface area contributed by atoms with Crippen LogP contribution in [0.3, 0.4) is 0 Å². The lowest BCUT2D eigenvalue weighted by Gasteiger charge is -2.30. The zero-order chi connectivity index (χ0) is 12.3. The number of nitrogens with one attached hydrogen (secondary N) is 2. The molecule has 1 heterocycles. The molecule has 2 unspecified atom stereocenters. The van der Waals surface area contributed by atoms with Gasteiger partial charge >= 0.3 is 0 Å². The number of likely N-dealkylation sites (tertiary alicyclic amines) is 1. The van der Waals surface area contributed by atoms with Gasteiger partial charge in [-0.2, -0.15) is 0 Å². The van der Waals surface area contributed by atoms with E-state index in [-0.39, 0.29) is 11.9 Å². The van der Waals surface area contributed by atoms with Crippen molar-refractivity contribution in [2.24, 2.45) is 5.92 Å². The lowest BCUT2D eigenvalue weighted by molar-refractivity contribution is -0.122. The molecule has 0 aromatic heterocycles. The number of hydrogen-bond acceptors (Lipinski definition) is 3. The third-order valence-corrected chi connectivity index (χ3v) is 3.75. The van der Waals surface area contributed by atoms with Crippen molar-refractivity contribution in [3.05, 3.63) is 0 Å². The number of nitrogens with zero attached hydrogens (tertiary/aromatic N) is 1. The van der Waals surface area contributed by atoms with E-state index in [1.165, 1.54) is 19.4 Å². The van der Waals surface area contributed by atoms with E-state index in [9.17, 15) is 4.79 Å². The monoisotopic (exact) mass is 239 g/mol. The van der Waals surface area contributed by atoms with Crippen LogP contribution in [0.2, 0.25) is 0 Å². The summed E-state index contributed by atoms with van der Waals surface area (Å²) in [6, 6.07) is 0.412. The van der Waals surface area contributed by atoms with Gasteiger partial charge in [-0.3, -0.25) is 4.79 Å². The molecular weight excluding hydrogens is 214 g/mol. The predicted molar refractivity (Wildman–Crippen MR) is 68.9 cm³/mol. The van der Waals surface area contributed by atoms with Crippen molar-refractivity contribution < 1.29 is 4.79 Å². The Labute approximate surface area is 104 Å². The van der Waals surface area contributed by atoms with Gasteiger partial charge in [0.1, 0.15) is 0 Å². The minimum Gasteiger partial charge on any atom is -0.352 e. The van der Waals surface area contributed by atoms with Gasteiger partial charge in [0, 0.05) is 12.6 Å². The van der Waals surface area contributed by atoms with Crippen molar-refractivity contribution in [1.82, 2.24) is 15.5 Å². The number of amides is 1. The van der Waals surface area contributed by atoms with Crippen LogP contribution in [0.15, 0.2) is 0 Å². The van der Waals surface area contributed by atoms with E-state index in [0.29, 0.717) is 12.0 Å². The van der Waals surface area contributed by atoms with E-state index < -0.39 is 0 Å². The first kappa shape index (κ1) is 12.8. The molecule has 0 bridgehead atoms. The van der Waals surface area contributed by atoms with Crippen molar-refractivity contribution in [2.45, 2.75) is 44.7 Å². The SMILES string of the molecule is CC(NCC1CCCN(C)C1)C(=O)NC1CC1. The van der Waals surface area contributed by atoms with Crippen LogP contribution >= 0.6 is 0 Å². The first-order valence-corrected chi connectivity index (χ1v) is 6.87. The first-order chi connectivity index (χ1) is 8.15. The zero-order valence-corrected chi connectivity index (χ0v) is 11.0. The molecule has 1 saturated carbocycles. The fraction of sp³-hybridized carbons (Fsp3) is 0.923. The molecule has 0 aromatic carbocycles. The Morgan fingerprint density at radius 1 is 1.41 bits per heavy atom. The van der Waals surface area contributed by atoms with E-state index >= 15 is 0 Å². The maximum atomic E-state index is 11.7. The lowest BCUT2D eigenvalue weighted by atomic mass is 9.98. The average molecular weight is 239 g/mol. The number of piperidine rings is 1. The maximum Gasteiger partial charge on any atom is 0.237 e. The van der Waals surface area contributed by atoms with Crippen molar-refractivity contribution in [1.29, 1.82) is 0 Å². The van der Waals surface area contributed by atoms with Gasteiger partial charge in [0.05, 0.1) is 6.04 Å². The summed E-state index contributed by atoms with van der Waals surface area (Å²) in [6.45, 7) is 5.30. The molecule has 2 N–H and O–H groups in total. The van der Waals surface area contributed by atoms with E-state index in [0.717, 1.165) is 25.9 Å². The van der Waals surface area contributed by atoms with Crippen molar-refractivity contribution in [2.75, 3.05) is 26.7 Å². The molecule has 2 atom stereocenters. The fourth-order valence-corrected chi connectivity index (χ4v) is 2.43. The molecule has 1 saturated heterocycles. The third-order valence-electron chi connectivity index (χ3n) is 3.75. The molecule has 17 heavy (non-hydrogen) atoms. The van der Waals surface area contributed by atoms with E-state index in [4.69, 9.17) is 0 Å². The van der Waals surface area contributed by atoms with Gasteiger partial charge in [-0.15, -0.1) is 0 Å². The molecule has 2 fully saturated rings. The second-order valence-corrected chi connectivity index (χ2v) is 5.68. The number of carbonyl (C=O) groups excluding carboxylic acids is 1. The van der Waals surface area contributed by atoms with Crippen LogP contribution in [-0.4, -0.2) is 49.6 Å². The molecule has 1 amide bonds. The smallest absolute Gasteiger partial charge is 0.237 e. The highest BCUT2D eigenvalue weighted by Gasteiger charge is 2.26. The Balaban J connectivity index is 1.64. The normalized spacial score (nSPS) is 27.8. The highest BCUT2D eigenvalue weighted by atomic mass is 16.2. The standard InChI is InChI=1S/C13H25N3O/c1-10(13(17)15-12-5-6-12)14-8-11-4-3-7-16(2)9-11/h10-12,14H,3-9H2,1-2H3,(H,15,17). The Morgan fingerprint density at radius 3 is 2.82 bits per heavy atom. The summed E-state index contributed by atoms with van der Waals surface area (Å²) in [7, 11) is 2.18. The van der Waals surface area contributed by atoms with Crippen LogP contribution < -0.4 is 10.6 Å². The van der Waals surface area contributed by atoms with E-state index in [1.807, 2.05) is 6.92 Å². The van der Waals surface area contributed by atoms with Gasteiger partial charge in [-0.25, -0.2) is 0 Å². The van der Waals surface area contributed by atoms with Gasteiger partial charge in [-0.1, -0.05) is 0 Å². The highest BCUT2D eigenvalue weighted by Crippen LogP contribution is 2.18. The van der Waals surface area contributed by atoms with Crippen LogP contribution in [0.25, 0.3) is 0 Å².